The van der Waals surface area contributed by atoms with E-state index in [1.54, 1.807) is 48.5 Å². The fourth-order valence-corrected chi connectivity index (χ4v) is 3.19. The minimum absolute atomic E-state index is 0.0362. The molecule has 1 aliphatic heterocycles. The van der Waals surface area contributed by atoms with E-state index in [2.05, 4.69) is 10.6 Å². The highest BCUT2D eigenvalue weighted by atomic mass is 16.5. The highest BCUT2D eigenvalue weighted by Gasteiger charge is 2.19. The van der Waals surface area contributed by atoms with E-state index in [1.807, 2.05) is 11.8 Å². The van der Waals surface area contributed by atoms with Crippen molar-refractivity contribution in [3.8, 4) is 0 Å². The highest BCUT2D eigenvalue weighted by molar-refractivity contribution is 5.97. The number of esters is 1. The van der Waals surface area contributed by atoms with Gasteiger partial charge in [0.25, 0.3) is 5.91 Å². The summed E-state index contributed by atoms with van der Waals surface area (Å²) >= 11 is 0. The van der Waals surface area contributed by atoms with Crippen LogP contribution in [-0.4, -0.2) is 48.9 Å². The van der Waals surface area contributed by atoms with Crippen LogP contribution < -0.4 is 10.6 Å². The van der Waals surface area contributed by atoms with Crippen LogP contribution in [0.3, 0.4) is 0 Å². The third-order valence-corrected chi connectivity index (χ3v) is 4.82. The molecule has 3 rings (SSSR count). The first-order valence-electron chi connectivity index (χ1n) is 10.3. The van der Waals surface area contributed by atoms with Crippen molar-refractivity contribution in [2.45, 2.75) is 26.2 Å². The third kappa shape index (κ3) is 5.83. The maximum absolute atomic E-state index is 12.4. The molecule has 2 aromatic rings. The lowest BCUT2D eigenvalue weighted by Gasteiger charge is -2.15. The lowest BCUT2D eigenvalue weighted by molar-refractivity contribution is -0.114. The Balaban J connectivity index is 1.46. The zero-order valence-corrected chi connectivity index (χ0v) is 17.1. The predicted octanol–water partition coefficient (Wildman–Crippen LogP) is 3.54. The lowest BCUT2D eigenvalue weighted by Crippen LogP contribution is -2.27. The average molecular weight is 409 g/mol. The molecule has 1 saturated heterocycles. The molecular formula is C23H27N3O4. The number of rotatable bonds is 8. The molecule has 1 fully saturated rings. The number of amides is 2. The number of nitrogens with zero attached hydrogens (tertiary/aromatic N) is 1. The number of benzene rings is 2. The van der Waals surface area contributed by atoms with Gasteiger partial charge in [-0.15, -0.1) is 0 Å². The molecule has 0 aliphatic carbocycles. The Morgan fingerprint density at radius 1 is 0.900 bits per heavy atom. The molecule has 0 radical (unpaired) electrons. The molecule has 7 nitrogen and oxygen atoms in total. The summed E-state index contributed by atoms with van der Waals surface area (Å²) in [5.41, 5.74) is 2.46. The van der Waals surface area contributed by atoms with E-state index >= 15 is 0 Å². The van der Waals surface area contributed by atoms with Crippen LogP contribution in [-0.2, 0) is 9.53 Å². The van der Waals surface area contributed by atoms with E-state index in [9.17, 15) is 14.4 Å². The highest BCUT2D eigenvalue weighted by Crippen LogP contribution is 2.16. The van der Waals surface area contributed by atoms with Crippen molar-refractivity contribution in [1.82, 2.24) is 4.90 Å². The Kier molecular flexibility index (Phi) is 7.43. The minimum atomic E-state index is -0.354. The maximum Gasteiger partial charge on any atom is 0.338 e. The topological polar surface area (TPSA) is 87.7 Å². The summed E-state index contributed by atoms with van der Waals surface area (Å²) in [4.78, 5) is 38.2. The summed E-state index contributed by atoms with van der Waals surface area (Å²) in [5, 5.41) is 5.82. The molecule has 2 amide bonds. The summed E-state index contributed by atoms with van der Waals surface area (Å²) < 4.78 is 5.09. The third-order valence-electron chi connectivity index (χ3n) is 4.82. The van der Waals surface area contributed by atoms with Gasteiger partial charge in [0, 0.05) is 30.0 Å². The normalized spacial score (nSPS) is 13.0. The standard InChI is InChI=1S/C23H27N3O4/c1-2-15-30-23(29)18-7-9-19(10-8-18)24-16-21(27)25-20-11-5-17(6-12-20)22(28)26-13-3-4-14-26/h5-12,24H,2-4,13-16H2,1H3,(H,25,27). The molecule has 0 saturated carbocycles. The van der Waals surface area contributed by atoms with Gasteiger partial charge in [0.15, 0.2) is 0 Å². The fourth-order valence-electron chi connectivity index (χ4n) is 3.19. The zero-order chi connectivity index (χ0) is 21.3. The number of anilines is 2. The smallest absolute Gasteiger partial charge is 0.338 e. The van der Waals surface area contributed by atoms with E-state index < -0.39 is 0 Å². The van der Waals surface area contributed by atoms with Crippen molar-refractivity contribution < 1.29 is 19.1 Å². The summed E-state index contributed by atoms with van der Waals surface area (Å²) in [7, 11) is 0. The van der Waals surface area contributed by atoms with Gasteiger partial charge in [-0.2, -0.15) is 0 Å². The number of nitrogens with one attached hydrogen (secondary N) is 2. The Hall–Kier alpha value is -3.35. The number of hydrogen-bond donors (Lipinski definition) is 2. The van der Waals surface area contributed by atoms with Crippen molar-refractivity contribution in [3.05, 3.63) is 59.7 Å². The van der Waals surface area contributed by atoms with E-state index in [-0.39, 0.29) is 24.3 Å². The molecule has 0 bridgehead atoms. The second-order valence-electron chi connectivity index (χ2n) is 7.19. The van der Waals surface area contributed by atoms with Crippen molar-refractivity contribution >= 4 is 29.2 Å². The van der Waals surface area contributed by atoms with E-state index in [0.717, 1.165) is 38.0 Å². The maximum atomic E-state index is 12.4. The van der Waals surface area contributed by atoms with Gasteiger partial charge in [0.1, 0.15) is 0 Å². The van der Waals surface area contributed by atoms with Gasteiger partial charge in [-0.1, -0.05) is 6.92 Å². The monoisotopic (exact) mass is 409 g/mol. The quantitative estimate of drug-likeness (QED) is 0.651. The molecule has 2 N–H and O–H groups in total. The zero-order valence-electron chi connectivity index (χ0n) is 17.1. The van der Waals surface area contributed by atoms with E-state index in [1.165, 1.54) is 0 Å². The Morgan fingerprint density at radius 3 is 2.13 bits per heavy atom. The van der Waals surface area contributed by atoms with Gasteiger partial charge in [0.05, 0.1) is 18.7 Å². The molecule has 0 aromatic heterocycles. The van der Waals surface area contributed by atoms with Crippen molar-refractivity contribution in [3.63, 3.8) is 0 Å². The van der Waals surface area contributed by atoms with Crippen LogP contribution in [0.5, 0.6) is 0 Å². The summed E-state index contributed by atoms with van der Waals surface area (Å²) in [6.45, 7) is 4.03. The van der Waals surface area contributed by atoms with E-state index in [4.69, 9.17) is 4.74 Å². The van der Waals surface area contributed by atoms with Crippen molar-refractivity contribution in [2.75, 3.05) is 36.9 Å². The molecule has 1 aliphatic rings. The van der Waals surface area contributed by atoms with Crippen LogP contribution in [0.1, 0.15) is 46.9 Å². The minimum Gasteiger partial charge on any atom is -0.462 e. The summed E-state index contributed by atoms with van der Waals surface area (Å²) in [6, 6.07) is 13.7. The lowest BCUT2D eigenvalue weighted by atomic mass is 10.2. The number of ether oxygens (including phenoxy) is 1. The van der Waals surface area contributed by atoms with Crippen LogP contribution in [0.4, 0.5) is 11.4 Å². The predicted molar refractivity (Wildman–Crippen MR) is 116 cm³/mol. The first kappa shape index (κ1) is 21.4. The second kappa shape index (κ2) is 10.4. The Morgan fingerprint density at radius 2 is 1.50 bits per heavy atom. The molecule has 0 unspecified atom stereocenters. The van der Waals surface area contributed by atoms with Crippen LogP contribution in [0.2, 0.25) is 0 Å². The number of likely N-dealkylation sites (tertiary alicyclic amines) is 1. The van der Waals surface area contributed by atoms with Gasteiger partial charge in [-0.25, -0.2) is 4.79 Å². The Labute approximate surface area is 176 Å². The number of carbonyl (C=O) groups excluding carboxylic acids is 3. The molecule has 158 valence electrons. The van der Waals surface area contributed by atoms with E-state index in [0.29, 0.717) is 23.4 Å². The largest absolute Gasteiger partial charge is 0.462 e. The van der Waals surface area contributed by atoms with Crippen molar-refractivity contribution in [2.24, 2.45) is 0 Å². The number of carbonyl (C=O) groups is 3. The average Bonchev–Trinajstić information content (AvgIpc) is 3.31. The first-order chi connectivity index (χ1) is 14.6. The molecular weight excluding hydrogens is 382 g/mol. The molecule has 1 heterocycles. The van der Waals surface area contributed by atoms with Crippen LogP contribution in [0.25, 0.3) is 0 Å². The first-order valence-corrected chi connectivity index (χ1v) is 10.3. The molecule has 2 aromatic carbocycles. The molecule has 7 heteroatoms. The Bertz CT molecular complexity index is 872. The summed E-state index contributed by atoms with van der Waals surface area (Å²) in [6.07, 6.45) is 2.88. The number of hydrogen-bond acceptors (Lipinski definition) is 5. The van der Waals surface area contributed by atoms with Crippen molar-refractivity contribution in [1.29, 1.82) is 0 Å². The second-order valence-corrected chi connectivity index (χ2v) is 7.19. The van der Waals surface area contributed by atoms with Crippen LogP contribution in [0.15, 0.2) is 48.5 Å². The fraction of sp³-hybridized carbons (Fsp3) is 0.348. The van der Waals surface area contributed by atoms with Crippen LogP contribution >= 0.6 is 0 Å². The summed E-state index contributed by atoms with van der Waals surface area (Å²) in [5.74, 6) is -0.526. The van der Waals surface area contributed by atoms with Gasteiger partial charge in [0.2, 0.25) is 5.91 Å². The van der Waals surface area contributed by atoms with Gasteiger partial charge < -0.3 is 20.3 Å². The molecule has 30 heavy (non-hydrogen) atoms. The molecule has 0 atom stereocenters. The van der Waals surface area contributed by atoms with Gasteiger partial charge in [-0.05, 0) is 67.8 Å². The van der Waals surface area contributed by atoms with Crippen LogP contribution in [0, 0.1) is 0 Å². The van der Waals surface area contributed by atoms with Gasteiger partial charge >= 0.3 is 5.97 Å². The van der Waals surface area contributed by atoms with Gasteiger partial charge in [-0.3, -0.25) is 9.59 Å². The molecule has 0 spiro atoms. The SMILES string of the molecule is CCCOC(=O)c1ccc(NCC(=O)Nc2ccc(C(=O)N3CCCC3)cc2)cc1.